The number of hydrogen-bond acceptors (Lipinski definition) is 2. The fourth-order valence-corrected chi connectivity index (χ4v) is 0.543. The molecule has 1 rings (SSSR count). The summed E-state index contributed by atoms with van der Waals surface area (Å²) >= 11 is 0. The molecule has 0 atom stereocenters. The third-order valence-corrected chi connectivity index (χ3v) is 0.951. The summed E-state index contributed by atoms with van der Waals surface area (Å²) in [6, 6.07) is 1.73. The van der Waals surface area contributed by atoms with Crippen molar-refractivity contribution < 1.29 is 9.90 Å². The van der Waals surface area contributed by atoms with Gasteiger partial charge in [-0.05, 0) is 6.07 Å². The SMILES string of the molecule is O=C(O)NCn1cccn1. The lowest BCUT2D eigenvalue weighted by Crippen LogP contribution is -2.24. The molecule has 0 aliphatic carbocycles. The number of hydrogen-bond donors (Lipinski definition) is 2. The number of rotatable bonds is 2. The number of amides is 1. The maximum atomic E-state index is 9.94. The van der Waals surface area contributed by atoms with Crippen LogP contribution in [-0.4, -0.2) is 21.0 Å². The maximum Gasteiger partial charge on any atom is 0.406 e. The van der Waals surface area contributed by atoms with E-state index in [1.807, 2.05) is 0 Å². The predicted molar refractivity (Wildman–Crippen MR) is 33.4 cm³/mol. The van der Waals surface area contributed by atoms with Crippen molar-refractivity contribution in [3.8, 4) is 0 Å². The third kappa shape index (κ3) is 1.77. The van der Waals surface area contributed by atoms with Crippen molar-refractivity contribution in [3.63, 3.8) is 0 Å². The minimum absolute atomic E-state index is 0.197. The molecule has 0 fully saturated rings. The van der Waals surface area contributed by atoms with Gasteiger partial charge in [-0.2, -0.15) is 5.10 Å². The quantitative estimate of drug-likeness (QED) is 0.614. The lowest BCUT2D eigenvalue weighted by Gasteiger charge is -1.98. The van der Waals surface area contributed by atoms with Gasteiger partial charge in [0, 0.05) is 12.4 Å². The Labute approximate surface area is 57.3 Å². The number of nitrogens with zero attached hydrogens (tertiary/aromatic N) is 2. The summed E-state index contributed by atoms with van der Waals surface area (Å²) in [5, 5.41) is 14.1. The minimum atomic E-state index is -1.05. The van der Waals surface area contributed by atoms with Crippen molar-refractivity contribution in [2.45, 2.75) is 6.67 Å². The number of carboxylic acid groups (broad SMARTS) is 1. The summed E-state index contributed by atoms with van der Waals surface area (Å²) in [4.78, 5) is 9.94. The summed E-state index contributed by atoms with van der Waals surface area (Å²) in [5.74, 6) is 0. The van der Waals surface area contributed by atoms with E-state index in [4.69, 9.17) is 5.11 Å². The summed E-state index contributed by atoms with van der Waals surface area (Å²) in [6.45, 7) is 0.197. The molecule has 1 heterocycles. The van der Waals surface area contributed by atoms with Crippen LogP contribution in [-0.2, 0) is 6.67 Å². The zero-order chi connectivity index (χ0) is 7.40. The van der Waals surface area contributed by atoms with E-state index < -0.39 is 6.09 Å². The Bertz CT molecular complexity index is 207. The molecule has 1 aromatic heterocycles. The van der Waals surface area contributed by atoms with Gasteiger partial charge in [-0.25, -0.2) is 4.79 Å². The first-order valence-corrected chi connectivity index (χ1v) is 2.73. The van der Waals surface area contributed by atoms with Crippen molar-refractivity contribution in [1.29, 1.82) is 0 Å². The molecular weight excluding hydrogens is 134 g/mol. The average molecular weight is 141 g/mol. The van der Waals surface area contributed by atoms with Crippen LogP contribution in [0.5, 0.6) is 0 Å². The van der Waals surface area contributed by atoms with Gasteiger partial charge in [-0.1, -0.05) is 0 Å². The van der Waals surface area contributed by atoms with Crippen LogP contribution in [0.2, 0.25) is 0 Å². The van der Waals surface area contributed by atoms with E-state index in [1.165, 1.54) is 4.68 Å². The molecule has 5 heteroatoms. The van der Waals surface area contributed by atoms with Crippen LogP contribution < -0.4 is 5.32 Å². The van der Waals surface area contributed by atoms with Crippen LogP contribution >= 0.6 is 0 Å². The first kappa shape index (κ1) is 6.60. The van der Waals surface area contributed by atoms with Crippen molar-refractivity contribution >= 4 is 6.09 Å². The smallest absolute Gasteiger partial charge is 0.406 e. The number of nitrogens with one attached hydrogen (secondary N) is 1. The van der Waals surface area contributed by atoms with Crippen LogP contribution in [0, 0.1) is 0 Å². The lowest BCUT2D eigenvalue weighted by atomic mass is 10.7. The van der Waals surface area contributed by atoms with Crippen molar-refractivity contribution in [3.05, 3.63) is 18.5 Å². The Kier molecular flexibility index (Phi) is 1.89. The van der Waals surface area contributed by atoms with Gasteiger partial charge in [0.05, 0.1) is 0 Å². The van der Waals surface area contributed by atoms with Gasteiger partial charge < -0.3 is 10.4 Å². The van der Waals surface area contributed by atoms with E-state index in [0.717, 1.165) is 0 Å². The van der Waals surface area contributed by atoms with Gasteiger partial charge in [-0.15, -0.1) is 0 Å². The molecule has 0 saturated heterocycles. The summed E-state index contributed by atoms with van der Waals surface area (Å²) < 4.78 is 1.48. The highest BCUT2D eigenvalue weighted by Crippen LogP contribution is 1.80. The second-order valence-corrected chi connectivity index (χ2v) is 1.69. The molecule has 0 spiro atoms. The largest absolute Gasteiger partial charge is 0.465 e. The summed E-state index contributed by atoms with van der Waals surface area (Å²) in [7, 11) is 0. The lowest BCUT2D eigenvalue weighted by molar-refractivity contribution is 0.190. The van der Waals surface area contributed by atoms with Crippen LogP contribution in [0.1, 0.15) is 0 Å². The van der Waals surface area contributed by atoms with Gasteiger partial charge in [0.1, 0.15) is 6.67 Å². The van der Waals surface area contributed by atoms with E-state index in [9.17, 15) is 4.79 Å². The molecule has 0 aliphatic rings. The van der Waals surface area contributed by atoms with Gasteiger partial charge >= 0.3 is 6.09 Å². The Morgan fingerprint density at radius 1 is 1.80 bits per heavy atom. The zero-order valence-corrected chi connectivity index (χ0v) is 5.19. The highest BCUT2D eigenvalue weighted by Gasteiger charge is 1.92. The molecule has 0 saturated carbocycles. The van der Waals surface area contributed by atoms with Gasteiger partial charge in [-0.3, -0.25) is 4.68 Å². The van der Waals surface area contributed by atoms with E-state index in [2.05, 4.69) is 10.4 Å². The molecule has 54 valence electrons. The Balaban J connectivity index is 2.35. The standard InChI is InChI=1S/C5H7N3O2/c9-5(10)6-4-8-3-1-2-7-8/h1-3,6H,4H2,(H,9,10). The first-order chi connectivity index (χ1) is 4.79. The molecule has 1 amide bonds. The number of aromatic nitrogens is 2. The molecule has 2 N–H and O–H groups in total. The monoisotopic (exact) mass is 141 g/mol. The number of carbonyl (C=O) groups is 1. The molecular formula is C5H7N3O2. The predicted octanol–water partition coefficient (Wildman–Crippen LogP) is 0.108. The third-order valence-electron chi connectivity index (χ3n) is 0.951. The zero-order valence-electron chi connectivity index (χ0n) is 5.19. The van der Waals surface area contributed by atoms with Crippen LogP contribution in [0.25, 0.3) is 0 Å². The fourth-order valence-electron chi connectivity index (χ4n) is 0.543. The van der Waals surface area contributed by atoms with E-state index >= 15 is 0 Å². The van der Waals surface area contributed by atoms with Gasteiger partial charge in [0.2, 0.25) is 0 Å². The van der Waals surface area contributed by atoms with E-state index in [-0.39, 0.29) is 6.67 Å². The fraction of sp³-hybridized carbons (Fsp3) is 0.200. The van der Waals surface area contributed by atoms with Crippen molar-refractivity contribution in [2.24, 2.45) is 0 Å². The van der Waals surface area contributed by atoms with Crippen molar-refractivity contribution in [1.82, 2.24) is 15.1 Å². The second-order valence-electron chi connectivity index (χ2n) is 1.69. The van der Waals surface area contributed by atoms with Crippen LogP contribution in [0.15, 0.2) is 18.5 Å². The molecule has 10 heavy (non-hydrogen) atoms. The minimum Gasteiger partial charge on any atom is -0.465 e. The summed E-state index contributed by atoms with van der Waals surface area (Å²) in [6.07, 6.45) is 2.22. The normalized spacial score (nSPS) is 9.20. The van der Waals surface area contributed by atoms with Crippen LogP contribution in [0.3, 0.4) is 0 Å². The van der Waals surface area contributed by atoms with Gasteiger partial charge in [0.15, 0.2) is 0 Å². The first-order valence-electron chi connectivity index (χ1n) is 2.73. The van der Waals surface area contributed by atoms with E-state index in [0.29, 0.717) is 0 Å². The maximum absolute atomic E-state index is 9.94. The summed E-state index contributed by atoms with van der Waals surface area (Å²) in [5.41, 5.74) is 0. The highest BCUT2D eigenvalue weighted by molar-refractivity contribution is 5.63. The highest BCUT2D eigenvalue weighted by atomic mass is 16.4. The Hall–Kier alpha value is -1.52. The molecule has 0 bridgehead atoms. The topological polar surface area (TPSA) is 67.2 Å². The van der Waals surface area contributed by atoms with Gasteiger partial charge in [0.25, 0.3) is 0 Å². The van der Waals surface area contributed by atoms with E-state index in [1.54, 1.807) is 18.5 Å². The molecule has 0 radical (unpaired) electrons. The molecule has 1 aromatic rings. The Morgan fingerprint density at radius 3 is 3.10 bits per heavy atom. The average Bonchev–Trinajstić information content (AvgIpc) is 2.34. The second kappa shape index (κ2) is 2.86. The molecule has 0 aromatic carbocycles. The molecule has 0 unspecified atom stereocenters. The molecule has 5 nitrogen and oxygen atoms in total. The Morgan fingerprint density at radius 2 is 2.60 bits per heavy atom. The molecule has 0 aliphatic heterocycles. The van der Waals surface area contributed by atoms with Crippen molar-refractivity contribution in [2.75, 3.05) is 0 Å². The van der Waals surface area contributed by atoms with Crippen LogP contribution in [0.4, 0.5) is 4.79 Å².